The van der Waals surface area contributed by atoms with Crippen LogP contribution in [0, 0.1) is 63.6 Å². The Balaban J connectivity index is 1.22. The van der Waals surface area contributed by atoms with Crippen molar-refractivity contribution < 1.29 is 14.6 Å². The fourth-order valence-electron chi connectivity index (χ4n) is 10.1. The molecule has 6 heteroatoms. The molecule has 0 saturated heterocycles. The van der Waals surface area contributed by atoms with Crippen molar-refractivity contribution in [3.8, 4) is 6.07 Å². The Hall–Kier alpha value is -1.71. The minimum absolute atomic E-state index is 0.103. The number of rotatable bonds is 5. The average molecular weight is 466 g/mol. The lowest BCUT2D eigenvalue weighted by Crippen LogP contribution is -2.57. The van der Waals surface area contributed by atoms with Gasteiger partial charge in [-0.15, -0.1) is 0 Å². The third kappa shape index (κ3) is 3.19. The van der Waals surface area contributed by atoms with Crippen LogP contribution in [-0.4, -0.2) is 40.0 Å². The van der Waals surface area contributed by atoms with Crippen LogP contribution >= 0.6 is 0 Å². The molecule has 5 saturated carbocycles. The van der Waals surface area contributed by atoms with Gasteiger partial charge in [0.1, 0.15) is 6.07 Å². The summed E-state index contributed by atoms with van der Waals surface area (Å²) in [4.78, 5) is 13.6. The van der Waals surface area contributed by atoms with Gasteiger partial charge in [0.05, 0.1) is 30.5 Å². The van der Waals surface area contributed by atoms with Crippen LogP contribution in [0.3, 0.4) is 0 Å². The van der Waals surface area contributed by atoms with Gasteiger partial charge in [-0.1, -0.05) is 13.8 Å². The van der Waals surface area contributed by atoms with Gasteiger partial charge < -0.3 is 9.84 Å². The molecule has 5 aliphatic rings. The first-order valence-electron chi connectivity index (χ1n) is 13.4. The molecule has 5 fully saturated rings. The van der Waals surface area contributed by atoms with Gasteiger partial charge in [-0.3, -0.25) is 9.48 Å². The number of hydrogen-bond donors (Lipinski definition) is 1. The summed E-state index contributed by atoms with van der Waals surface area (Å²) < 4.78 is 7.04. The van der Waals surface area contributed by atoms with Crippen molar-refractivity contribution in [1.82, 2.24) is 9.78 Å². The van der Waals surface area contributed by atoms with Crippen molar-refractivity contribution in [3.05, 3.63) is 18.0 Å². The van der Waals surface area contributed by atoms with E-state index in [-0.39, 0.29) is 11.3 Å². The van der Waals surface area contributed by atoms with Gasteiger partial charge in [-0.05, 0) is 97.7 Å². The summed E-state index contributed by atoms with van der Waals surface area (Å²) in [5, 5.41) is 24.5. The summed E-state index contributed by atoms with van der Waals surface area (Å²) in [6.45, 7) is 5.70. The van der Waals surface area contributed by atoms with Crippen molar-refractivity contribution in [1.29, 1.82) is 5.26 Å². The van der Waals surface area contributed by atoms with Gasteiger partial charge >= 0.3 is 0 Å². The number of Topliss-reactive ketones (excluding diaryl/α,β-unsaturated/α-hetero) is 1. The van der Waals surface area contributed by atoms with Crippen LogP contribution in [0.2, 0.25) is 0 Å². The fourth-order valence-corrected chi connectivity index (χ4v) is 10.1. The van der Waals surface area contributed by atoms with E-state index in [1.54, 1.807) is 24.2 Å². The quantitative estimate of drug-likeness (QED) is 0.704. The van der Waals surface area contributed by atoms with E-state index < -0.39 is 5.60 Å². The van der Waals surface area contributed by atoms with E-state index in [1.165, 1.54) is 25.7 Å². The molecule has 1 aromatic heterocycles. The second-order valence-electron chi connectivity index (χ2n) is 13.0. The second kappa shape index (κ2) is 7.64. The number of nitrogens with zero attached hydrogens (tertiary/aromatic N) is 3. The first kappa shape index (κ1) is 22.7. The van der Waals surface area contributed by atoms with Gasteiger partial charge in [0, 0.05) is 19.2 Å². The normalized spacial score (nSPS) is 48.7. The summed E-state index contributed by atoms with van der Waals surface area (Å²) in [6, 6.07) is 2.11. The van der Waals surface area contributed by atoms with Crippen LogP contribution in [-0.2, 0) is 16.1 Å². The third-order valence-corrected chi connectivity index (χ3v) is 11.4. The molecule has 0 spiro atoms. The minimum atomic E-state index is -0.653. The molecular formula is C28H39N3O3. The predicted octanol–water partition coefficient (Wildman–Crippen LogP) is 4.22. The Kier molecular flexibility index (Phi) is 5.11. The molecule has 5 aliphatic carbocycles. The number of ketones is 1. The zero-order valence-corrected chi connectivity index (χ0v) is 20.9. The smallest absolute Gasteiger partial charge is 0.158 e. The topological polar surface area (TPSA) is 88.1 Å². The van der Waals surface area contributed by atoms with E-state index in [0.717, 1.165) is 37.5 Å². The van der Waals surface area contributed by atoms with E-state index in [0.29, 0.717) is 53.6 Å². The van der Waals surface area contributed by atoms with Crippen LogP contribution in [0.15, 0.2) is 12.4 Å². The summed E-state index contributed by atoms with van der Waals surface area (Å²) >= 11 is 0. The van der Waals surface area contributed by atoms with Gasteiger partial charge in [-0.2, -0.15) is 10.4 Å². The van der Waals surface area contributed by atoms with Crippen LogP contribution in [0.5, 0.6) is 0 Å². The molecule has 6 nitrogen and oxygen atoms in total. The number of fused-ring (bicyclic) bond motifs is 7. The Morgan fingerprint density at radius 2 is 2.03 bits per heavy atom. The lowest BCUT2D eigenvalue weighted by molar-refractivity contribution is -0.168. The minimum Gasteiger partial charge on any atom is -0.387 e. The SMILES string of the molecule is COC[C@@]1(O)CC[C@@]2(C)[C@@H](CC[C@H]3[C@@H]4[C@@H]5C[C@@H]5[C@H](C(=O)Cn5cc(C#N)cn5)[C@@]4(C)CC[C@@H]32)C1. The lowest BCUT2D eigenvalue weighted by Gasteiger charge is -2.62. The maximum absolute atomic E-state index is 13.6. The number of carbonyl (C=O) groups excluding carboxylic acids is 1. The monoisotopic (exact) mass is 465 g/mol. The number of carbonyl (C=O) groups is 1. The Bertz CT molecular complexity index is 1030. The number of methoxy groups -OCH3 is 1. The highest BCUT2D eigenvalue weighted by molar-refractivity contribution is 5.83. The van der Waals surface area contributed by atoms with Gasteiger partial charge in [-0.25, -0.2) is 0 Å². The van der Waals surface area contributed by atoms with Crippen LogP contribution in [0.25, 0.3) is 0 Å². The maximum atomic E-state index is 13.6. The molecule has 0 bridgehead atoms. The van der Waals surface area contributed by atoms with Crippen molar-refractivity contribution in [2.45, 2.75) is 77.4 Å². The molecule has 184 valence electrons. The number of ether oxygens (including phenoxy) is 1. The van der Waals surface area contributed by atoms with Crippen molar-refractivity contribution >= 4 is 5.78 Å². The number of aromatic nitrogens is 2. The highest BCUT2D eigenvalue weighted by atomic mass is 16.5. The molecule has 1 aromatic rings. The Morgan fingerprint density at radius 1 is 1.21 bits per heavy atom. The molecule has 34 heavy (non-hydrogen) atoms. The summed E-state index contributed by atoms with van der Waals surface area (Å²) in [7, 11) is 1.70. The van der Waals surface area contributed by atoms with Gasteiger partial charge in [0.15, 0.2) is 5.78 Å². The zero-order chi connectivity index (χ0) is 23.9. The maximum Gasteiger partial charge on any atom is 0.158 e. The molecule has 0 aromatic carbocycles. The predicted molar refractivity (Wildman–Crippen MR) is 126 cm³/mol. The van der Waals surface area contributed by atoms with Crippen LogP contribution < -0.4 is 0 Å². The zero-order valence-electron chi connectivity index (χ0n) is 20.9. The van der Waals surface area contributed by atoms with E-state index >= 15 is 0 Å². The molecule has 0 unspecified atom stereocenters. The standard InChI is InChI=1S/C28H39N3O3/c1-26-8-9-28(33,16-34-3)11-18(26)4-5-19-22(26)6-7-27(2)24(19)20-10-21(20)25(27)23(32)15-31-14-17(12-29)13-30-31/h13-14,18-22,24-25,33H,4-11,15-16H2,1-3H3/t18-,19+,20+,21-,22-,24+,25+,26-,27-,28+/m0/s1. The first-order chi connectivity index (χ1) is 16.2. The van der Waals surface area contributed by atoms with Crippen molar-refractivity contribution in [2.75, 3.05) is 13.7 Å². The van der Waals surface area contributed by atoms with Crippen molar-refractivity contribution in [3.63, 3.8) is 0 Å². The second-order valence-corrected chi connectivity index (χ2v) is 13.0. The van der Waals surface area contributed by atoms with Crippen LogP contribution in [0.4, 0.5) is 0 Å². The Labute approximate surface area is 203 Å². The Morgan fingerprint density at radius 3 is 2.76 bits per heavy atom. The average Bonchev–Trinajstić information content (AvgIpc) is 3.30. The van der Waals surface area contributed by atoms with E-state index in [2.05, 4.69) is 25.0 Å². The lowest BCUT2D eigenvalue weighted by atomic mass is 9.43. The van der Waals surface area contributed by atoms with Crippen molar-refractivity contribution in [2.24, 2.45) is 52.3 Å². The molecule has 0 amide bonds. The van der Waals surface area contributed by atoms with Crippen LogP contribution in [0.1, 0.15) is 70.8 Å². The summed E-state index contributed by atoms with van der Waals surface area (Å²) in [5.74, 6) is 4.41. The molecule has 0 aliphatic heterocycles. The highest BCUT2D eigenvalue weighted by Crippen LogP contribution is 2.76. The van der Waals surface area contributed by atoms with E-state index in [9.17, 15) is 9.90 Å². The molecule has 1 N–H and O–H groups in total. The van der Waals surface area contributed by atoms with E-state index in [4.69, 9.17) is 10.00 Å². The molecule has 10 atom stereocenters. The first-order valence-corrected chi connectivity index (χ1v) is 13.4. The highest BCUT2D eigenvalue weighted by Gasteiger charge is 2.71. The number of nitriles is 1. The molecule has 0 radical (unpaired) electrons. The molecule has 1 heterocycles. The summed E-state index contributed by atoms with van der Waals surface area (Å²) in [5.41, 5.74) is 0.271. The third-order valence-electron chi connectivity index (χ3n) is 11.4. The van der Waals surface area contributed by atoms with E-state index in [1.807, 2.05) is 0 Å². The molecule has 6 rings (SSSR count). The summed E-state index contributed by atoms with van der Waals surface area (Å²) in [6.07, 6.45) is 12.1. The largest absolute Gasteiger partial charge is 0.387 e. The number of aliphatic hydroxyl groups is 1. The fraction of sp³-hybridized carbons (Fsp3) is 0.821. The molecular weight excluding hydrogens is 426 g/mol. The van der Waals surface area contributed by atoms with Gasteiger partial charge in [0.25, 0.3) is 0 Å². The van der Waals surface area contributed by atoms with Gasteiger partial charge in [0.2, 0.25) is 0 Å². The number of hydrogen-bond acceptors (Lipinski definition) is 5.